The van der Waals surface area contributed by atoms with E-state index >= 15 is 0 Å². The van der Waals surface area contributed by atoms with Crippen molar-refractivity contribution in [2.24, 2.45) is 0 Å². The lowest BCUT2D eigenvalue weighted by molar-refractivity contribution is 0.462. The molecular formula is C26H26FN3OS. The largest absolute Gasteiger partial charge is 0.310 e. The molecule has 0 saturated heterocycles. The summed E-state index contributed by atoms with van der Waals surface area (Å²) < 4.78 is 14.9. The number of rotatable bonds is 7. The van der Waals surface area contributed by atoms with Gasteiger partial charge in [0.05, 0.1) is 11.7 Å². The standard InChI is InChI=1S/C26H26FN3OS/c27-20-10-8-19(9-11-20)16-28-21-12-13-22-23(15-21)32-25-24(22)26(31)30(17-29-25)14-4-7-18-5-2-1-3-6-18/h1-3,5-6,8-11,17,21,28H,4,7,12-16H2/t21-/m0/s1. The third-order valence-corrected chi connectivity index (χ3v) is 7.41. The smallest absolute Gasteiger partial charge is 0.262 e. The maximum atomic E-state index is 13.2. The summed E-state index contributed by atoms with van der Waals surface area (Å²) in [5.74, 6) is -0.209. The molecule has 6 heteroatoms. The fraction of sp³-hybridized carbons (Fsp3) is 0.308. The second-order valence-electron chi connectivity index (χ2n) is 8.46. The van der Waals surface area contributed by atoms with Crippen LogP contribution in [0.25, 0.3) is 10.2 Å². The van der Waals surface area contributed by atoms with Gasteiger partial charge in [-0.05, 0) is 60.9 Å². The number of benzene rings is 2. The average molecular weight is 448 g/mol. The third-order valence-electron chi connectivity index (χ3n) is 6.25. The first-order valence-corrected chi connectivity index (χ1v) is 12.0. The van der Waals surface area contributed by atoms with Crippen molar-refractivity contribution in [3.05, 3.63) is 98.7 Å². The number of hydrogen-bond donors (Lipinski definition) is 1. The second-order valence-corrected chi connectivity index (χ2v) is 9.55. The van der Waals surface area contributed by atoms with Crippen molar-refractivity contribution in [3.8, 4) is 0 Å². The average Bonchev–Trinajstić information content (AvgIpc) is 3.19. The maximum Gasteiger partial charge on any atom is 0.262 e. The quantitative estimate of drug-likeness (QED) is 0.439. The molecule has 164 valence electrons. The van der Waals surface area contributed by atoms with Crippen molar-refractivity contribution >= 4 is 21.6 Å². The van der Waals surface area contributed by atoms with Gasteiger partial charge in [0.25, 0.3) is 5.56 Å². The Hall–Kier alpha value is -2.83. The highest BCUT2D eigenvalue weighted by Crippen LogP contribution is 2.33. The van der Waals surface area contributed by atoms with Gasteiger partial charge >= 0.3 is 0 Å². The van der Waals surface area contributed by atoms with Crippen molar-refractivity contribution in [3.63, 3.8) is 0 Å². The molecule has 0 saturated carbocycles. The van der Waals surface area contributed by atoms with Gasteiger partial charge in [-0.15, -0.1) is 11.3 Å². The number of thiophene rings is 1. The summed E-state index contributed by atoms with van der Waals surface area (Å²) in [6, 6.07) is 17.4. The number of aromatic nitrogens is 2. The SMILES string of the molecule is O=c1c2c3c(sc2ncn1CCCc1ccccc1)C[C@@H](NCc1ccc(F)cc1)CC3. The van der Waals surface area contributed by atoms with E-state index in [1.165, 1.54) is 28.1 Å². The van der Waals surface area contributed by atoms with Crippen LogP contribution in [0.4, 0.5) is 4.39 Å². The van der Waals surface area contributed by atoms with Crippen LogP contribution in [0.1, 0.15) is 34.4 Å². The number of aryl methyl sites for hydroxylation is 3. The van der Waals surface area contributed by atoms with Crippen LogP contribution >= 0.6 is 11.3 Å². The molecule has 5 rings (SSSR count). The molecule has 0 fully saturated rings. The van der Waals surface area contributed by atoms with Gasteiger partial charge in [0.1, 0.15) is 10.6 Å². The Labute approximate surface area is 190 Å². The number of halogens is 1. The predicted molar refractivity (Wildman–Crippen MR) is 128 cm³/mol. The molecule has 1 aliphatic carbocycles. The van der Waals surface area contributed by atoms with Crippen LogP contribution in [0, 0.1) is 5.82 Å². The van der Waals surface area contributed by atoms with Gasteiger partial charge in [-0.1, -0.05) is 42.5 Å². The molecular weight excluding hydrogens is 421 g/mol. The summed E-state index contributed by atoms with van der Waals surface area (Å²) in [6.07, 6.45) is 6.36. The minimum Gasteiger partial charge on any atom is -0.310 e. The first-order valence-electron chi connectivity index (χ1n) is 11.2. The highest BCUT2D eigenvalue weighted by Gasteiger charge is 2.25. The first kappa shape index (κ1) is 21.0. The molecule has 0 radical (unpaired) electrons. The lowest BCUT2D eigenvalue weighted by Crippen LogP contribution is -2.33. The Balaban J connectivity index is 1.27. The van der Waals surface area contributed by atoms with Gasteiger partial charge in [-0.25, -0.2) is 9.37 Å². The summed E-state index contributed by atoms with van der Waals surface area (Å²) >= 11 is 1.66. The molecule has 0 unspecified atom stereocenters. The van der Waals surface area contributed by atoms with Gasteiger partial charge in [0.15, 0.2) is 0 Å². The number of fused-ring (bicyclic) bond motifs is 3. The molecule has 0 spiro atoms. The number of nitrogens with one attached hydrogen (secondary N) is 1. The van der Waals surface area contributed by atoms with Crippen LogP contribution in [-0.4, -0.2) is 15.6 Å². The lowest BCUT2D eigenvalue weighted by atomic mass is 9.93. The maximum absolute atomic E-state index is 13.2. The fourth-order valence-corrected chi connectivity index (χ4v) is 5.75. The molecule has 2 aromatic heterocycles. The Morgan fingerprint density at radius 2 is 1.91 bits per heavy atom. The van der Waals surface area contributed by atoms with E-state index < -0.39 is 0 Å². The molecule has 32 heavy (non-hydrogen) atoms. The van der Waals surface area contributed by atoms with E-state index in [0.717, 1.165) is 54.4 Å². The van der Waals surface area contributed by atoms with E-state index in [1.54, 1.807) is 22.2 Å². The first-order chi connectivity index (χ1) is 15.7. The van der Waals surface area contributed by atoms with Crippen LogP contribution in [0.2, 0.25) is 0 Å². The molecule has 1 atom stereocenters. The normalized spacial score (nSPS) is 15.7. The zero-order valence-corrected chi connectivity index (χ0v) is 18.7. The van der Waals surface area contributed by atoms with Crippen molar-refractivity contribution in [2.75, 3.05) is 0 Å². The van der Waals surface area contributed by atoms with Crippen molar-refractivity contribution in [1.29, 1.82) is 0 Å². The molecule has 4 aromatic rings. The second kappa shape index (κ2) is 9.35. The Kier molecular flexibility index (Phi) is 6.14. The van der Waals surface area contributed by atoms with Gasteiger partial charge < -0.3 is 5.32 Å². The van der Waals surface area contributed by atoms with Crippen molar-refractivity contribution < 1.29 is 4.39 Å². The summed E-state index contributed by atoms with van der Waals surface area (Å²) in [4.78, 5) is 20.0. The Bertz CT molecular complexity index is 1260. The summed E-state index contributed by atoms with van der Waals surface area (Å²) in [5, 5.41) is 4.42. The zero-order chi connectivity index (χ0) is 21.9. The van der Waals surface area contributed by atoms with Crippen molar-refractivity contribution in [2.45, 2.75) is 51.2 Å². The van der Waals surface area contributed by atoms with E-state index in [2.05, 4.69) is 34.6 Å². The van der Waals surface area contributed by atoms with Crippen molar-refractivity contribution in [1.82, 2.24) is 14.9 Å². The van der Waals surface area contributed by atoms with Gasteiger partial charge in [-0.3, -0.25) is 9.36 Å². The van der Waals surface area contributed by atoms with E-state index in [0.29, 0.717) is 12.6 Å². The van der Waals surface area contributed by atoms with Crippen LogP contribution in [-0.2, 0) is 32.4 Å². The number of nitrogens with zero attached hydrogens (tertiary/aromatic N) is 2. The molecule has 0 amide bonds. The summed E-state index contributed by atoms with van der Waals surface area (Å²) in [7, 11) is 0. The monoisotopic (exact) mass is 447 g/mol. The fourth-order valence-electron chi connectivity index (χ4n) is 4.50. The minimum absolute atomic E-state index is 0.0956. The molecule has 2 aromatic carbocycles. The van der Waals surface area contributed by atoms with Crippen LogP contribution in [0.15, 0.2) is 65.7 Å². The van der Waals surface area contributed by atoms with Crippen LogP contribution in [0.3, 0.4) is 0 Å². The van der Waals surface area contributed by atoms with Crippen LogP contribution in [0.5, 0.6) is 0 Å². The Morgan fingerprint density at radius 1 is 1.09 bits per heavy atom. The number of hydrogen-bond acceptors (Lipinski definition) is 4. The lowest BCUT2D eigenvalue weighted by Gasteiger charge is -2.23. The molecule has 1 aliphatic rings. The van der Waals surface area contributed by atoms with E-state index in [-0.39, 0.29) is 11.4 Å². The van der Waals surface area contributed by atoms with E-state index in [1.807, 2.05) is 18.2 Å². The third kappa shape index (κ3) is 4.52. The minimum atomic E-state index is -0.209. The predicted octanol–water partition coefficient (Wildman–Crippen LogP) is 4.88. The van der Waals surface area contributed by atoms with Gasteiger partial charge in [-0.2, -0.15) is 0 Å². The molecule has 2 heterocycles. The Morgan fingerprint density at radius 3 is 2.72 bits per heavy atom. The van der Waals surface area contributed by atoms with Gasteiger partial charge in [0, 0.05) is 24.0 Å². The topological polar surface area (TPSA) is 46.9 Å². The van der Waals surface area contributed by atoms with E-state index in [4.69, 9.17) is 0 Å². The highest BCUT2D eigenvalue weighted by molar-refractivity contribution is 7.18. The van der Waals surface area contributed by atoms with Gasteiger partial charge in [0.2, 0.25) is 0 Å². The zero-order valence-electron chi connectivity index (χ0n) is 17.9. The molecule has 1 N–H and O–H groups in total. The van der Waals surface area contributed by atoms with Crippen LogP contribution < -0.4 is 10.9 Å². The molecule has 4 nitrogen and oxygen atoms in total. The summed E-state index contributed by atoms with van der Waals surface area (Å²) in [5.41, 5.74) is 3.66. The highest BCUT2D eigenvalue weighted by atomic mass is 32.1. The van der Waals surface area contributed by atoms with E-state index in [9.17, 15) is 9.18 Å². The molecule has 0 bridgehead atoms. The molecule has 0 aliphatic heterocycles. The summed E-state index contributed by atoms with van der Waals surface area (Å²) in [6.45, 7) is 1.40.